The van der Waals surface area contributed by atoms with Crippen molar-refractivity contribution in [3.8, 4) is 17.2 Å². The lowest BCUT2D eigenvalue weighted by atomic mass is 10.1. The highest BCUT2D eigenvalue weighted by molar-refractivity contribution is 5.80. The van der Waals surface area contributed by atoms with Gasteiger partial charge in [-0.25, -0.2) is 0 Å². The van der Waals surface area contributed by atoms with Gasteiger partial charge in [0.2, 0.25) is 11.7 Å². The van der Waals surface area contributed by atoms with Crippen molar-refractivity contribution in [1.29, 1.82) is 0 Å². The van der Waals surface area contributed by atoms with Gasteiger partial charge in [-0.15, -0.1) is 0 Å². The average molecular weight is 293 g/mol. The van der Waals surface area contributed by atoms with Gasteiger partial charge in [0.25, 0.3) is 0 Å². The molecule has 1 aromatic rings. The van der Waals surface area contributed by atoms with E-state index in [4.69, 9.17) is 14.2 Å². The number of likely N-dealkylation sites (N-methyl/N-ethyl adjacent to an activating group) is 1. The molecule has 0 aliphatic heterocycles. The van der Waals surface area contributed by atoms with Crippen LogP contribution in [0.1, 0.15) is 18.4 Å². The Morgan fingerprint density at radius 1 is 1.14 bits per heavy atom. The summed E-state index contributed by atoms with van der Waals surface area (Å²) in [5.74, 6) is 2.38. The summed E-state index contributed by atoms with van der Waals surface area (Å²) in [5, 5.41) is 0. The van der Waals surface area contributed by atoms with Crippen LogP contribution < -0.4 is 14.2 Å². The summed E-state index contributed by atoms with van der Waals surface area (Å²) in [6.45, 7) is 0.688. The minimum absolute atomic E-state index is 0.252. The number of hydrogen-bond donors (Lipinski definition) is 0. The summed E-state index contributed by atoms with van der Waals surface area (Å²) in [6, 6.07) is 3.85. The molecule has 1 fully saturated rings. The maximum absolute atomic E-state index is 11.9. The second kappa shape index (κ2) is 6.70. The lowest BCUT2D eigenvalue weighted by Gasteiger charge is -2.18. The van der Waals surface area contributed by atoms with Gasteiger partial charge in [-0.2, -0.15) is 0 Å². The summed E-state index contributed by atoms with van der Waals surface area (Å²) in [7, 11) is 6.65. The average Bonchev–Trinajstić information content (AvgIpc) is 3.35. The van der Waals surface area contributed by atoms with Crippen LogP contribution in [0, 0.1) is 5.92 Å². The molecule has 5 nitrogen and oxygen atoms in total. The van der Waals surface area contributed by atoms with Crippen molar-refractivity contribution in [2.24, 2.45) is 5.92 Å². The van der Waals surface area contributed by atoms with Crippen molar-refractivity contribution in [2.45, 2.75) is 19.3 Å². The Morgan fingerprint density at radius 2 is 1.71 bits per heavy atom. The van der Waals surface area contributed by atoms with E-state index in [1.807, 2.05) is 19.2 Å². The van der Waals surface area contributed by atoms with E-state index >= 15 is 0 Å². The Balaban J connectivity index is 2.07. The first-order chi connectivity index (χ1) is 10.1. The summed E-state index contributed by atoms with van der Waals surface area (Å²) in [4.78, 5) is 13.7. The van der Waals surface area contributed by atoms with E-state index in [0.717, 1.165) is 24.8 Å². The molecule has 116 valence electrons. The molecule has 21 heavy (non-hydrogen) atoms. The molecular formula is C16H23NO4. The molecule has 1 aliphatic carbocycles. The minimum Gasteiger partial charge on any atom is -0.493 e. The van der Waals surface area contributed by atoms with E-state index in [-0.39, 0.29) is 11.8 Å². The highest BCUT2D eigenvalue weighted by Gasteiger charge is 2.31. The van der Waals surface area contributed by atoms with Crippen LogP contribution in [0.25, 0.3) is 0 Å². The fraction of sp³-hybridized carbons (Fsp3) is 0.562. The molecule has 0 atom stereocenters. The molecule has 0 bridgehead atoms. The minimum atomic E-state index is 0.252. The van der Waals surface area contributed by atoms with Crippen LogP contribution in [-0.4, -0.2) is 45.7 Å². The van der Waals surface area contributed by atoms with Crippen LogP contribution in [0.2, 0.25) is 0 Å². The topological polar surface area (TPSA) is 48.0 Å². The van der Waals surface area contributed by atoms with E-state index in [9.17, 15) is 4.79 Å². The number of methoxy groups -OCH3 is 3. The summed E-state index contributed by atoms with van der Waals surface area (Å²) in [5.41, 5.74) is 1.06. The predicted octanol–water partition coefficient (Wildman–Crippen LogP) is 2.12. The molecule has 0 heterocycles. The number of carbonyl (C=O) groups excluding carboxylic acids is 1. The number of ether oxygens (including phenoxy) is 3. The van der Waals surface area contributed by atoms with Gasteiger partial charge in [-0.05, 0) is 37.0 Å². The zero-order chi connectivity index (χ0) is 15.4. The van der Waals surface area contributed by atoms with E-state index < -0.39 is 0 Å². The molecule has 1 amide bonds. The molecule has 0 aromatic heterocycles. The molecule has 0 unspecified atom stereocenters. The smallest absolute Gasteiger partial charge is 0.225 e. The second-order valence-corrected chi connectivity index (χ2v) is 5.32. The first-order valence-electron chi connectivity index (χ1n) is 7.14. The molecule has 5 heteroatoms. The van der Waals surface area contributed by atoms with Crippen molar-refractivity contribution in [2.75, 3.05) is 34.9 Å². The van der Waals surface area contributed by atoms with E-state index in [1.165, 1.54) is 0 Å². The molecule has 0 saturated heterocycles. The zero-order valence-corrected chi connectivity index (χ0v) is 13.1. The Labute approximate surface area is 125 Å². The zero-order valence-electron chi connectivity index (χ0n) is 13.1. The number of carbonyl (C=O) groups is 1. The van der Waals surface area contributed by atoms with Crippen molar-refractivity contribution < 1.29 is 19.0 Å². The van der Waals surface area contributed by atoms with Gasteiger partial charge in [0.15, 0.2) is 11.5 Å². The Morgan fingerprint density at radius 3 is 2.14 bits per heavy atom. The lowest BCUT2D eigenvalue weighted by molar-refractivity contribution is -0.131. The number of hydrogen-bond acceptors (Lipinski definition) is 4. The molecule has 1 saturated carbocycles. The molecule has 0 N–H and O–H groups in total. The van der Waals surface area contributed by atoms with Crippen molar-refractivity contribution in [1.82, 2.24) is 4.90 Å². The third-order valence-electron chi connectivity index (χ3n) is 3.76. The van der Waals surface area contributed by atoms with Gasteiger partial charge in [-0.3, -0.25) is 4.79 Å². The third-order valence-corrected chi connectivity index (χ3v) is 3.76. The normalized spacial score (nSPS) is 13.7. The molecule has 1 aliphatic rings. The first kappa shape index (κ1) is 15.5. The first-order valence-corrected chi connectivity index (χ1v) is 7.14. The van der Waals surface area contributed by atoms with Gasteiger partial charge in [-0.1, -0.05) is 0 Å². The highest BCUT2D eigenvalue weighted by Crippen LogP contribution is 2.38. The second-order valence-electron chi connectivity index (χ2n) is 5.32. The Bertz CT molecular complexity index is 486. The summed E-state index contributed by atoms with van der Waals surface area (Å²) < 4.78 is 16.0. The quantitative estimate of drug-likeness (QED) is 0.772. The standard InChI is InChI=1S/C16H23NO4/c1-17(16(18)12-5-6-12)8-7-11-9-13(19-2)15(21-4)14(10-11)20-3/h9-10,12H,5-8H2,1-4H3. The fourth-order valence-corrected chi connectivity index (χ4v) is 2.33. The van der Waals surface area contributed by atoms with Gasteiger partial charge in [0, 0.05) is 19.5 Å². The fourth-order valence-electron chi connectivity index (χ4n) is 2.33. The summed E-state index contributed by atoms with van der Waals surface area (Å²) in [6.07, 6.45) is 2.83. The van der Waals surface area contributed by atoms with E-state index in [2.05, 4.69) is 0 Å². The number of rotatable bonds is 7. The maximum Gasteiger partial charge on any atom is 0.225 e. The van der Waals surface area contributed by atoms with Crippen LogP contribution in [0.15, 0.2) is 12.1 Å². The van der Waals surface area contributed by atoms with Crippen molar-refractivity contribution in [3.05, 3.63) is 17.7 Å². The van der Waals surface area contributed by atoms with Crippen LogP contribution in [-0.2, 0) is 11.2 Å². The van der Waals surface area contributed by atoms with Crippen LogP contribution in [0.4, 0.5) is 0 Å². The lowest BCUT2D eigenvalue weighted by Crippen LogP contribution is -2.30. The van der Waals surface area contributed by atoms with Gasteiger partial charge >= 0.3 is 0 Å². The monoisotopic (exact) mass is 293 g/mol. The Hall–Kier alpha value is -1.91. The predicted molar refractivity (Wildman–Crippen MR) is 80.2 cm³/mol. The van der Waals surface area contributed by atoms with Crippen LogP contribution >= 0.6 is 0 Å². The maximum atomic E-state index is 11.9. The van der Waals surface area contributed by atoms with E-state index in [0.29, 0.717) is 23.8 Å². The van der Waals surface area contributed by atoms with Crippen LogP contribution in [0.5, 0.6) is 17.2 Å². The SMILES string of the molecule is COc1cc(CCN(C)C(=O)C2CC2)cc(OC)c1OC. The number of amides is 1. The molecule has 1 aromatic carbocycles. The van der Waals surface area contributed by atoms with Crippen LogP contribution in [0.3, 0.4) is 0 Å². The third kappa shape index (κ3) is 3.60. The van der Waals surface area contributed by atoms with Crippen molar-refractivity contribution in [3.63, 3.8) is 0 Å². The highest BCUT2D eigenvalue weighted by atomic mass is 16.5. The van der Waals surface area contributed by atoms with Gasteiger partial charge in [0.1, 0.15) is 0 Å². The van der Waals surface area contributed by atoms with Gasteiger partial charge < -0.3 is 19.1 Å². The number of nitrogens with zero attached hydrogens (tertiary/aromatic N) is 1. The van der Waals surface area contributed by atoms with E-state index in [1.54, 1.807) is 26.2 Å². The molecular weight excluding hydrogens is 270 g/mol. The molecule has 0 spiro atoms. The largest absolute Gasteiger partial charge is 0.493 e. The molecule has 2 rings (SSSR count). The molecule has 0 radical (unpaired) electrons. The number of benzene rings is 1. The Kier molecular flexibility index (Phi) is 4.94. The van der Waals surface area contributed by atoms with Crippen molar-refractivity contribution >= 4 is 5.91 Å². The summed E-state index contributed by atoms with van der Waals surface area (Å²) >= 11 is 0. The van der Waals surface area contributed by atoms with Gasteiger partial charge in [0.05, 0.1) is 21.3 Å².